The molecule has 1 aromatic heterocycles. The molecule has 3 rings (SSSR count). The second-order valence-corrected chi connectivity index (χ2v) is 5.00. The van der Waals surface area contributed by atoms with Crippen molar-refractivity contribution in [2.45, 2.75) is 31.7 Å². The summed E-state index contributed by atoms with van der Waals surface area (Å²) in [5, 5.41) is 7.60. The van der Waals surface area contributed by atoms with Gasteiger partial charge in [0.05, 0.1) is 5.56 Å². The molecule has 17 heavy (non-hydrogen) atoms. The number of hydrogen-bond donors (Lipinski definition) is 2. The van der Waals surface area contributed by atoms with E-state index in [-0.39, 0.29) is 5.84 Å². The molecule has 3 N–H and O–H groups in total. The molecule has 2 fully saturated rings. The Labute approximate surface area is 101 Å². The molecule has 2 saturated carbocycles. The molecule has 0 amide bonds. The molecule has 0 saturated heterocycles. The minimum atomic E-state index is 0.0575. The van der Waals surface area contributed by atoms with Crippen LogP contribution in [0.5, 0.6) is 0 Å². The first-order chi connectivity index (χ1) is 8.25. The first kappa shape index (κ1) is 10.5. The van der Waals surface area contributed by atoms with Crippen LogP contribution in [0.15, 0.2) is 12.5 Å². The molecule has 2 aliphatic rings. The van der Waals surface area contributed by atoms with E-state index in [0.717, 1.165) is 18.3 Å². The fraction of sp³-hybridized carbons (Fsp3) is 0.583. The Kier molecular flexibility index (Phi) is 2.46. The van der Waals surface area contributed by atoms with E-state index in [0.29, 0.717) is 11.6 Å². The number of nitrogen functional groups attached to an aromatic ring is 1. The SMILES string of the molecule is N=C(N)c1cncnc1N(CC1CC1)C1CC1. The van der Waals surface area contributed by atoms with Crippen molar-refractivity contribution >= 4 is 11.7 Å². The molecule has 1 heterocycles. The molecular formula is C12H17N5. The van der Waals surface area contributed by atoms with E-state index in [2.05, 4.69) is 14.9 Å². The summed E-state index contributed by atoms with van der Waals surface area (Å²) >= 11 is 0. The highest BCUT2D eigenvalue weighted by atomic mass is 15.2. The van der Waals surface area contributed by atoms with Crippen molar-refractivity contribution in [3.63, 3.8) is 0 Å². The molecule has 0 spiro atoms. The third-order valence-electron chi connectivity index (χ3n) is 3.39. The highest BCUT2D eigenvalue weighted by Crippen LogP contribution is 2.37. The van der Waals surface area contributed by atoms with Crippen molar-refractivity contribution in [3.05, 3.63) is 18.1 Å². The van der Waals surface area contributed by atoms with Gasteiger partial charge in [-0.3, -0.25) is 5.41 Å². The van der Waals surface area contributed by atoms with E-state index in [9.17, 15) is 0 Å². The Bertz CT molecular complexity index is 436. The van der Waals surface area contributed by atoms with E-state index in [1.54, 1.807) is 12.5 Å². The Balaban J connectivity index is 1.90. The van der Waals surface area contributed by atoms with Crippen LogP contribution < -0.4 is 10.6 Å². The Hall–Kier alpha value is -1.65. The number of nitrogens with two attached hydrogens (primary N) is 1. The topological polar surface area (TPSA) is 78.9 Å². The summed E-state index contributed by atoms with van der Waals surface area (Å²) in [7, 11) is 0. The number of nitrogens with one attached hydrogen (secondary N) is 1. The molecule has 0 aromatic carbocycles. The monoisotopic (exact) mass is 231 g/mol. The number of nitrogens with zero attached hydrogens (tertiary/aromatic N) is 3. The van der Waals surface area contributed by atoms with Gasteiger partial charge in [-0.2, -0.15) is 0 Å². The molecule has 5 nitrogen and oxygen atoms in total. The first-order valence-corrected chi connectivity index (χ1v) is 6.16. The largest absolute Gasteiger partial charge is 0.384 e. The van der Waals surface area contributed by atoms with Crippen molar-refractivity contribution in [1.82, 2.24) is 9.97 Å². The van der Waals surface area contributed by atoms with Gasteiger partial charge in [0.15, 0.2) is 0 Å². The normalized spacial score (nSPS) is 19.1. The van der Waals surface area contributed by atoms with Crippen LogP contribution in [-0.4, -0.2) is 28.4 Å². The van der Waals surface area contributed by atoms with Crippen molar-refractivity contribution in [2.75, 3.05) is 11.4 Å². The molecule has 0 atom stereocenters. The van der Waals surface area contributed by atoms with Gasteiger partial charge in [0.1, 0.15) is 18.0 Å². The predicted molar refractivity (Wildman–Crippen MR) is 66.1 cm³/mol. The van der Waals surface area contributed by atoms with Crippen molar-refractivity contribution in [3.8, 4) is 0 Å². The van der Waals surface area contributed by atoms with E-state index >= 15 is 0 Å². The van der Waals surface area contributed by atoms with Gasteiger partial charge < -0.3 is 10.6 Å². The van der Waals surface area contributed by atoms with Gasteiger partial charge in [0, 0.05) is 18.8 Å². The van der Waals surface area contributed by atoms with Gasteiger partial charge in [0.2, 0.25) is 0 Å². The van der Waals surface area contributed by atoms with Crippen LogP contribution in [0.2, 0.25) is 0 Å². The van der Waals surface area contributed by atoms with Gasteiger partial charge in [-0.15, -0.1) is 0 Å². The summed E-state index contributed by atoms with van der Waals surface area (Å²) in [5.41, 5.74) is 6.26. The third-order valence-corrected chi connectivity index (χ3v) is 3.39. The maximum absolute atomic E-state index is 7.60. The average molecular weight is 231 g/mol. The van der Waals surface area contributed by atoms with Gasteiger partial charge in [-0.1, -0.05) is 0 Å². The molecule has 1 aromatic rings. The van der Waals surface area contributed by atoms with E-state index in [1.165, 1.54) is 25.7 Å². The molecule has 0 unspecified atom stereocenters. The summed E-state index contributed by atoms with van der Waals surface area (Å²) in [6, 6.07) is 0.601. The summed E-state index contributed by atoms with van der Waals surface area (Å²) in [6.07, 6.45) is 8.30. The lowest BCUT2D eigenvalue weighted by molar-refractivity contribution is 0.706. The van der Waals surface area contributed by atoms with Crippen molar-refractivity contribution in [1.29, 1.82) is 5.41 Å². The van der Waals surface area contributed by atoms with E-state index in [4.69, 9.17) is 11.1 Å². The Morgan fingerprint density at radius 3 is 2.76 bits per heavy atom. The fourth-order valence-electron chi connectivity index (χ4n) is 2.12. The average Bonchev–Trinajstić information content (AvgIpc) is 3.17. The number of amidine groups is 1. The van der Waals surface area contributed by atoms with Crippen LogP contribution in [0.25, 0.3) is 0 Å². The van der Waals surface area contributed by atoms with Crippen molar-refractivity contribution < 1.29 is 0 Å². The van der Waals surface area contributed by atoms with Crippen LogP contribution in [0.1, 0.15) is 31.2 Å². The Morgan fingerprint density at radius 2 is 2.18 bits per heavy atom. The van der Waals surface area contributed by atoms with Crippen molar-refractivity contribution in [2.24, 2.45) is 11.7 Å². The lowest BCUT2D eigenvalue weighted by atomic mass is 10.2. The van der Waals surface area contributed by atoms with Gasteiger partial charge in [-0.05, 0) is 31.6 Å². The first-order valence-electron chi connectivity index (χ1n) is 6.16. The second kappa shape index (κ2) is 3.98. The number of anilines is 1. The highest BCUT2D eigenvalue weighted by Gasteiger charge is 2.35. The van der Waals surface area contributed by atoms with E-state index in [1.807, 2.05) is 0 Å². The summed E-state index contributed by atoms with van der Waals surface area (Å²) in [5.74, 6) is 1.72. The van der Waals surface area contributed by atoms with E-state index < -0.39 is 0 Å². The quantitative estimate of drug-likeness (QED) is 0.588. The number of aromatic nitrogens is 2. The molecule has 0 radical (unpaired) electrons. The Morgan fingerprint density at radius 1 is 1.41 bits per heavy atom. The van der Waals surface area contributed by atoms with Gasteiger partial charge in [-0.25, -0.2) is 9.97 Å². The molecule has 2 aliphatic carbocycles. The third kappa shape index (κ3) is 2.23. The summed E-state index contributed by atoms with van der Waals surface area (Å²) < 4.78 is 0. The van der Waals surface area contributed by atoms with Crippen LogP contribution in [0.3, 0.4) is 0 Å². The van der Waals surface area contributed by atoms with Gasteiger partial charge >= 0.3 is 0 Å². The maximum atomic E-state index is 7.60. The zero-order chi connectivity index (χ0) is 11.8. The lowest BCUT2D eigenvalue weighted by Gasteiger charge is -2.25. The summed E-state index contributed by atoms with van der Waals surface area (Å²) in [6.45, 7) is 1.06. The lowest BCUT2D eigenvalue weighted by Crippen LogP contribution is -2.31. The molecule has 90 valence electrons. The van der Waals surface area contributed by atoms with Crippen LogP contribution in [0, 0.1) is 11.3 Å². The standard InChI is InChI=1S/C12H17N5/c13-11(14)10-5-15-7-16-12(10)17(9-3-4-9)6-8-1-2-8/h5,7-9H,1-4,6H2,(H3,13,14). The predicted octanol–water partition coefficient (Wildman–Crippen LogP) is 1.14. The van der Waals surface area contributed by atoms with Crippen LogP contribution >= 0.6 is 0 Å². The fourth-order valence-corrected chi connectivity index (χ4v) is 2.12. The molecule has 0 bridgehead atoms. The molecule has 0 aliphatic heterocycles. The zero-order valence-electron chi connectivity index (χ0n) is 9.76. The second-order valence-electron chi connectivity index (χ2n) is 5.00. The minimum Gasteiger partial charge on any atom is -0.384 e. The smallest absolute Gasteiger partial charge is 0.143 e. The summed E-state index contributed by atoms with van der Waals surface area (Å²) in [4.78, 5) is 10.6. The van der Waals surface area contributed by atoms with Crippen LogP contribution in [-0.2, 0) is 0 Å². The number of hydrogen-bond acceptors (Lipinski definition) is 4. The van der Waals surface area contributed by atoms with Gasteiger partial charge in [0.25, 0.3) is 0 Å². The highest BCUT2D eigenvalue weighted by molar-refractivity contribution is 5.99. The number of rotatable bonds is 5. The maximum Gasteiger partial charge on any atom is 0.143 e. The van der Waals surface area contributed by atoms with Crippen LogP contribution in [0.4, 0.5) is 5.82 Å². The zero-order valence-corrected chi connectivity index (χ0v) is 9.76. The minimum absolute atomic E-state index is 0.0575. The molecular weight excluding hydrogens is 214 g/mol. The molecule has 5 heteroatoms.